The minimum Gasteiger partial charge on any atom is -0.396 e. The molecule has 2 aromatic carbocycles. The minimum atomic E-state index is -2.63. The smallest absolute Gasteiger partial charge is 0.172 e. The van der Waals surface area contributed by atoms with Gasteiger partial charge < -0.3 is 11.1 Å². The molecule has 3 rings (SSSR count). The summed E-state index contributed by atoms with van der Waals surface area (Å²) in [5.74, 6) is -1.24. The van der Waals surface area contributed by atoms with Gasteiger partial charge in [0, 0.05) is 39.6 Å². The van der Waals surface area contributed by atoms with Gasteiger partial charge in [-0.15, -0.1) is 0 Å². The zero-order valence-corrected chi connectivity index (χ0v) is 17.4. The molecule has 3 aromatic rings. The third kappa shape index (κ3) is 3.98. The van der Waals surface area contributed by atoms with Gasteiger partial charge in [0.15, 0.2) is 11.6 Å². The van der Waals surface area contributed by atoms with Gasteiger partial charge in [-0.2, -0.15) is 4.36 Å². The second-order valence-electron chi connectivity index (χ2n) is 7.39. The number of nitrogen functional groups attached to an aromatic ring is 1. The first kappa shape index (κ1) is 20.9. The quantitative estimate of drug-likeness (QED) is 0.450. The fraction of sp³-hybridized carbons (Fsp3) is 0.238. The second kappa shape index (κ2) is 7.51. The molecule has 3 N–H and O–H groups in total. The van der Waals surface area contributed by atoms with E-state index in [0.29, 0.717) is 22.2 Å². The summed E-state index contributed by atoms with van der Waals surface area (Å²) in [6, 6.07) is 7.42. The van der Waals surface area contributed by atoms with E-state index in [1.807, 2.05) is 13.8 Å². The van der Waals surface area contributed by atoms with Crippen LogP contribution >= 0.6 is 0 Å². The van der Waals surface area contributed by atoms with Crippen molar-refractivity contribution in [2.24, 2.45) is 4.36 Å². The first-order valence-corrected chi connectivity index (χ1v) is 11.3. The molecule has 8 heteroatoms. The molecule has 0 amide bonds. The molecule has 0 spiro atoms. The van der Waals surface area contributed by atoms with Gasteiger partial charge in [-0.3, -0.25) is 0 Å². The lowest BCUT2D eigenvalue weighted by atomic mass is 9.91. The molecule has 5 nitrogen and oxygen atoms in total. The van der Waals surface area contributed by atoms with E-state index < -0.39 is 21.4 Å². The van der Waals surface area contributed by atoms with Crippen LogP contribution in [0.25, 0.3) is 21.9 Å². The number of rotatable bonds is 4. The number of pyridine rings is 1. The van der Waals surface area contributed by atoms with Gasteiger partial charge >= 0.3 is 0 Å². The Morgan fingerprint density at radius 3 is 2.34 bits per heavy atom. The normalized spacial score (nSPS) is 11.8. The molecule has 0 saturated carbocycles. The molecular formula is C21H22F2N4OS. The standard InChI is InChI=1S/C21H22F2N4OS/c1-11(2)20-16(12-5-7-14(22)8-6-12)15-9-13(10-24)19(25)18(23)17(15)21(26-20)27-29(3,4)28/h5-11,24H,25H2,1-4H3. The molecule has 152 valence electrons. The lowest BCUT2D eigenvalue weighted by molar-refractivity contribution is 0.628. The Balaban J connectivity index is 2.62. The van der Waals surface area contributed by atoms with Crippen molar-refractivity contribution in [2.45, 2.75) is 19.8 Å². The van der Waals surface area contributed by atoms with Crippen molar-refractivity contribution in [1.29, 1.82) is 5.41 Å². The van der Waals surface area contributed by atoms with Gasteiger partial charge in [0.2, 0.25) is 0 Å². The summed E-state index contributed by atoms with van der Waals surface area (Å²) in [4.78, 5) is 4.55. The van der Waals surface area contributed by atoms with E-state index in [1.54, 1.807) is 18.2 Å². The van der Waals surface area contributed by atoms with Crippen LogP contribution in [0.3, 0.4) is 0 Å². The van der Waals surface area contributed by atoms with Crippen molar-refractivity contribution in [3.63, 3.8) is 0 Å². The molecule has 1 heterocycles. The maximum absolute atomic E-state index is 15.3. The molecule has 0 fully saturated rings. The van der Waals surface area contributed by atoms with E-state index in [-0.39, 0.29) is 28.4 Å². The molecule has 0 aliphatic carbocycles. The molecular weight excluding hydrogens is 394 g/mol. The van der Waals surface area contributed by atoms with Crippen molar-refractivity contribution in [1.82, 2.24) is 4.98 Å². The van der Waals surface area contributed by atoms with Crippen LogP contribution in [-0.2, 0) is 9.73 Å². The molecule has 29 heavy (non-hydrogen) atoms. The Morgan fingerprint density at radius 2 is 1.83 bits per heavy atom. The van der Waals surface area contributed by atoms with Crippen LogP contribution in [0, 0.1) is 17.0 Å². The topological polar surface area (TPSA) is 92.2 Å². The summed E-state index contributed by atoms with van der Waals surface area (Å²) in [5, 5.41) is 8.06. The number of aromatic nitrogens is 1. The summed E-state index contributed by atoms with van der Waals surface area (Å²) in [6.07, 6.45) is 3.86. The van der Waals surface area contributed by atoms with Crippen molar-refractivity contribution < 1.29 is 13.0 Å². The number of benzene rings is 2. The third-order valence-corrected chi connectivity index (χ3v) is 5.07. The summed E-state index contributed by atoms with van der Waals surface area (Å²) < 4.78 is 45.3. The predicted molar refractivity (Wildman–Crippen MR) is 116 cm³/mol. The van der Waals surface area contributed by atoms with Crippen molar-refractivity contribution >= 4 is 38.2 Å². The van der Waals surface area contributed by atoms with Gasteiger partial charge in [-0.1, -0.05) is 26.0 Å². The van der Waals surface area contributed by atoms with Gasteiger partial charge in [0.05, 0.1) is 16.8 Å². The zero-order valence-electron chi connectivity index (χ0n) is 16.6. The highest BCUT2D eigenvalue weighted by molar-refractivity contribution is 7.92. The van der Waals surface area contributed by atoms with Crippen LogP contribution in [-0.4, -0.2) is 27.9 Å². The number of anilines is 1. The van der Waals surface area contributed by atoms with E-state index >= 15 is 4.39 Å². The Bertz CT molecular complexity index is 1240. The first-order chi connectivity index (χ1) is 13.5. The Kier molecular flexibility index (Phi) is 5.40. The van der Waals surface area contributed by atoms with Crippen molar-refractivity contribution in [2.75, 3.05) is 18.2 Å². The minimum absolute atomic E-state index is 0.00490. The van der Waals surface area contributed by atoms with Crippen molar-refractivity contribution in [3.05, 3.63) is 53.2 Å². The van der Waals surface area contributed by atoms with E-state index in [4.69, 9.17) is 11.1 Å². The lowest BCUT2D eigenvalue weighted by Crippen LogP contribution is -2.05. The first-order valence-electron chi connectivity index (χ1n) is 8.92. The fourth-order valence-electron chi connectivity index (χ4n) is 3.20. The van der Waals surface area contributed by atoms with Crippen LogP contribution in [0.15, 0.2) is 34.7 Å². The van der Waals surface area contributed by atoms with Crippen LogP contribution < -0.4 is 5.73 Å². The second-order valence-corrected chi connectivity index (χ2v) is 9.94. The molecule has 0 bridgehead atoms. The average molecular weight is 416 g/mol. The lowest BCUT2D eigenvalue weighted by Gasteiger charge is -2.19. The summed E-state index contributed by atoms with van der Waals surface area (Å²) in [5.41, 5.74) is 7.74. The summed E-state index contributed by atoms with van der Waals surface area (Å²) in [6.45, 7) is 3.84. The number of fused-ring (bicyclic) bond motifs is 1. The molecule has 1 aromatic heterocycles. The summed E-state index contributed by atoms with van der Waals surface area (Å²) in [7, 11) is -2.63. The zero-order chi connectivity index (χ0) is 21.5. The molecule has 0 aliphatic heterocycles. The Labute approximate surface area is 168 Å². The monoisotopic (exact) mass is 416 g/mol. The van der Waals surface area contributed by atoms with E-state index in [1.165, 1.54) is 24.6 Å². The Hall–Kier alpha value is -2.87. The van der Waals surface area contributed by atoms with Gasteiger partial charge in [-0.05, 0) is 35.1 Å². The SMILES string of the molecule is CC(C)c1nc(N=S(C)(C)=O)c2c(F)c(N)c(C=N)cc2c1-c1ccc(F)cc1. The maximum Gasteiger partial charge on any atom is 0.172 e. The predicted octanol–water partition coefficient (Wildman–Crippen LogP) is 5.24. The number of nitrogens with two attached hydrogens (primary N) is 1. The van der Waals surface area contributed by atoms with Gasteiger partial charge in [-0.25, -0.2) is 18.0 Å². The average Bonchev–Trinajstić information content (AvgIpc) is 2.63. The number of hydrogen-bond donors (Lipinski definition) is 2. The highest BCUT2D eigenvalue weighted by Gasteiger charge is 2.23. The maximum atomic E-state index is 15.3. The van der Waals surface area contributed by atoms with E-state index in [9.17, 15) is 8.60 Å². The van der Waals surface area contributed by atoms with Gasteiger partial charge in [0.1, 0.15) is 5.82 Å². The van der Waals surface area contributed by atoms with Gasteiger partial charge in [0.25, 0.3) is 0 Å². The number of nitrogens with zero attached hydrogens (tertiary/aromatic N) is 2. The fourth-order valence-corrected chi connectivity index (χ4v) is 3.74. The highest BCUT2D eigenvalue weighted by Crippen LogP contribution is 2.42. The molecule has 0 radical (unpaired) electrons. The number of hydrogen-bond acceptors (Lipinski definition) is 5. The molecule has 0 saturated heterocycles. The van der Waals surface area contributed by atoms with Crippen molar-refractivity contribution in [3.8, 4) is 11.1 Å². The Morgan fingerprint density at radius 1 is 1.21 bits per heavy atom. The van der Waals surface area contributed by atoms with E-state index in [0.717, 1.165) is 6.21 Å². The van der Waals surface area contributed by atoms with Crippen LogP contribution in [0.2, 0.25) is 0 Å². The molecule has 0 atom stereocenters. The summed E-state index contributed by atoms with van der Waals surface area (Å²) >= 11 is 0. The van der Waals surface area contributed by atoms with Crippen LogP contribution in [0.4, 0.5) is 20.3 Å². The molecule has 0 unspecified atom stereocenters. The number of nitrogens with one attached hydrogen (secondary N) is 1. The number of halogens is 2. The van der Waals surface area contributed by atoms with Crippen LogP contribution in [0.5, 0.6) is 0 Å². The van der Waals surface area contributed by atoms with Crippen LogP contribution in [0.1, 0.15) is 31.0 Å². The largest absolute Gasteiger partial charge is 0.396 e. The van der Waals surface area contributed by atoms with E-state index in [2.05, 4.69) is 9.35 Å². The highest BCUT2D eigenvalue weighted by atomic mass is 32.2. The molecule has 0 aliphatic rings. The third-order valence-electron chi connectivity index (χ3n) is 4.45.